The highest BCUT2D eigenvalue weighted by Gasteiger charge is 2.90. The summed E-state index contributed by atoms with van der Waals surface area (Å²) in [5.41, 5.74) is -3.21. The molecule has 6 rings (SSSR count). The van der Waals surface area contributed by atoms with Crippen LogP contribution < -0.4 is 0 Å². The highest BCUT2D eigenvalue weighted by atomic mass is 16.6. The molecule has 10 nitrogen and oxygen atoms in total. The maximum absolute atomic E-state index is 13.5. The topological polar surface area (TPSA) is 131 Å². The zero-order chi connectivity index (χ0) is 33.8. The summed E-state index contributed by atoms with van der Waals surface area (Å²) >= 11 is 0. The van der Waals surface area contributed by atoms with Gasteiger partial charge in [0.1, 0.15) is 29.5 Å². The van der Waals surface area contributed by atoms with Gasteiger partial charge < -0.3 is 28.1 Å². The SMILES string of the molecule is CC(=O)O[C@H]1CC(=O)OC(C)(C)[C@@H]2C[C@H](OC(=O)C(C)C)[C@@]3(C)C(C[C@H](OC(=O)C(C)C)[C@@]4(C)[C@H](c5ccoc5)C[C@@H]5O[C@@]543)[C@]12C. The van der Waals surface area contributed by atoms with Gasteiger partial charge in [0.05, 0.1) is 36.9 Å². The fourth-order valence-electron chi connectivity index (χ4n) is 10.9. The van der Waals surface area contributed by atoms with Crippen molar-refractivity contribution in [3.63, 3.8) is 0 Å². The molecule has 5 aliphatic rings. The van der Waals surface area contributed by atoms with E-state index in [2.05, 4.69) is 20.8 Å². The molecule has 0 radical (unpaired) electrons. The number of cyclic esters (lactones) is 1. The molecule has 1 aromatic rings. The summed E-state index contributed by atoms with van der Waals surface area (Å²) in [6, 6.07) is 1.96. The van der Waals surface area contributed by atoms with Crippen molar-refractivity contribution >= 4 is 23.9 Å². The van der Waals surface area contributed by atoms with Gasteiger partial charge in [0, 0.05) is 35.0 Å². The molecule has 0 bridgehead atoms. The van der Waals surface area contributed by atoms with Gasteiger partial charge in [0.2, 0.25) is 0 Å². The number of fused-ring (bicyclic) bond motifs is 3. The molecule has 3 saturated carbocycles. The molecule has 5 fully saturated rings. The Bertz CT molecular complexity index is 1410. The second kappa shape index (κ2) is 10.6. The molecule has 2 aliphatic heterocycles. The minimum atomic E-state index is -0.980. The smallest absolute Gasteiger partial charge is 0.310 e. The highest BCUT2D eigenvalue weighted by Crippen LogP contribution is 2.82. The van der Waals surface area contributed by atoms with E-state index in [9.17, 15) is 19.2 Å². The van der Waals surface area contributed by atoms with Crippen LogP contribution >= 0.6 is 0 Å². The van der Waals surface area contributed by atoms with Gasteiger partial charge in [-0.1, -0.05) is 48.5 Å². The molecule has 0 N–H and O–H groups in total. The van der Waals surface area contributed by atoms with E-state index >= 15 is 0 Å². The molecule has 3 aliphatic carbocycles. The molecule has 10 heteroatoms. The maximum atomic E-state index is 13.5. The lowest BCUT2D eigenvalue weighted by Gasteiger charge is -2.68. The normalized spacial score (nSPS) is 43.7. The number of rotatable bonds is 6. The van der Waals surface area contributed by atoms with E-state index in [1.807, 2.05) is 47.6 Å². The fourth-order valence-corrected chi connectivity index (χ4v) is 10.9. The van der Waals surface area contributed by atoms with Crippen molar-refractivity contribution in [3.8, 4) is 0 Å². The maximum Gasteiger partial charge on any atom is 0.310 e. The summed E-state index contributed by atoms with van der Waals surface area (Å²) in [6.07, 6.45) is 2.53. The molecule has 11 atom stereocenters. The Kier molecular flexibility index (Phi) is 7.58. The largest absolute Gasteiger partial charge is 0.472 e. The average Bonchev–Trinajstić information content (AvgIpc) is 3.32. The van der Waals surface area contributed by atoms with E-state index in [0.717, 1.165) is 5.56 Å². The van der Waals surface area contributed by atoms with E-state index in [4.69, 9.17) is 28.1 Å². The quantitative estimate of drug-likeness (QED) is 0.215. The van der Waals surface area contributed by atoms with Crippen molar-refractivity contribution in [2.24, 2.45) is 39.9 Å². The molecule has 1 spiro atoms. The van der Waals surface area contributed by atoms with Crippen molar-refractivity contribution < 1.29 is 47.3 Å². The van der Waals surface area contributed by atoms with Crippen molar-refractivity contribution in [3.05, 3.63) is 24.2 Å². The van der Waals surface area contributed by atoms with Crippen LogP contribution in [0.3, 0.4) is 0 Å². The molecule has 1 aromatic heterocycles. The standard InChI is InChI=1S/C36H50O10/c1-18(2)30(39)43-26-15-24-33(8)23(32(6,7)46-29(38)16-25(33)42-20(5)37)14-27(44-31(40)19(3)4)35(24,10)36-28(45-36)13-22(34(26,36)9)21-11-12-41-17-21/h11-12,17-19,22-28H,13-16H2,1-10H3/t22-,23-,24?,25-,26-,27-,28-,33+,34+,35+,36-/m0/s1. The van der Waals surface area contributed by atoms with E-state index in [1.165, 1.54) is 6.92 Å². The number of furan rings is 1. The number of hydrogen-bond acceptors (Lipinski definition) is 10. The number of ether oxygens (including phenoxy) is 5. The molecule has 0 amide bonds. The van der Waals surface area contributed by atoms with Crippen molar-refractivity contribution in [1.82, 2.24) is 0 Å². The predicted octanol–water partition coefficient (Wildman–Crippen LogP) is 5.76. The summed E-state index contributed by atoms with van der Waals surface area (Å²) in [5, 5.41) is 0. The second-order valence-electron chi connectivity index (χ2n) is 16.2. The molecule has 3 heterocycles. The van der Waals surface area contributed by atoms with Crippen molar-refractivity contribution in [2.75, 3.05) is 0 Å². The first-order chi connectivity index (χ1) is 21.3. The lowest BCUT2D eigenvalue weighted by Crippen LogP contribution is -2.74. The van der Waals surface area contributed by atoms with Crippen LogP contribution in [0.5, 0.6) is 0 Å². The fraction of sp³-hybridized carbons (Fsp3) is 0.778. The lowest BCUT2D eigenvalue weighted by molar-refractivity contribution is -0.285. The van der Waals surface area contributed by atoms with Crippen LogP contribution in [-0.2, 0) is 42.9 Å². The third-order valence-electron chi connectivity index (χ3n) is 12.9. The molecule has 254 valence electrons. The van der Waals surface area contributed by atoms with E-state index in [0.29, 0.717) is 19.3 Å². The minimum Gasteiger partial charge on any atom is -0.472 e. The first kappa shape index (κ1) is 33.0. The van der Waals surface area contributed by atoms with Crippen LogP contribution in [0, 0.1) is 39.9 Å². The summed E-state index contributed by atoms with van der Waals surface area (Å²) < 4.78 is 37.7. The second-order valence-corrected chi connectivity index (χ2v) is 16.2. The zero-order valence-corrected chi connectivity index (χ0v) is 28.8. The van der Waals surface area contributed by atoms with Gasteiger partial charge in [0.25, 0.3) is 0 Å². The van der Waals surface area contributed by atoms with Crippen LogP contribution in [-0.4, -0.2) is 59.5 Å². The summed E-state index contributed by atoms with van der Waals surface area (Å²) in [5.74, 6) is -3.09. The van der Waals surface area contributed by atoms with Crippen LogP contribution in [0.1, 0.15) is 106 Å². The predicted molar refractivity (Wildman–Crippen MR) is 164 cm³/mol. The third-order valence-corrected chi connectivity index (χ3v) is 12.9. The minimum absolute atomic E-state index is 0.0560. The van der Waals surface area contributed by atoms with Crippen LogP contribution in [0.4, 0.5) is 0 Å². The zero-order valence-electron chi connectivity index (χ0n) is 28.8. The molecular weight excluding hydrogens is 592 g/mol. The Morgan fingerprint density at radius 2 is 1.41 bits per heavy atom. The van der Waals surface area contributed by atoms with Crippen LogP contribution in [0.25, 0.3) is 0 Å². The summed E-state index contributed by atoms with van der Waals surface area (Å²) in [7, 11) is 0. The number of esters is 4. The van der Waals surface area contributed by atoms with E-state index in [1.54, 1.807) is 12.5 Å². The number of epoxide rings is 1. The van der Waals surface area contributed by atoms with Crippen molar-refractivity contribution in [1.29, 1.82) is 0 Å². The van der Waals surface area contributed by atoms with Gasteiger partial charge in [0.15, 0.2) is 0 Å². The van der Waals surface area contributed by atoms with E-state index < -0.39 is 57.7 Å². The van der Waals surface area contributed by atoms with Crippen LogP contribution in [0.2, 0.25) is 0 Å². The van der Waals surface area contributed by atoms with Gasteiger partial charge >= 0.3 is 23.9 Å². The van der Waals surface area contributed by atoms with Gasteiger partial charge in [-0.25, -0.2) is 0 Å². The Hall–Kier alpha value is -2.88. The summed E-state index contributed by atoms with van der Waals surface area (Å²) in [6.45, 7) is 18.8. The third kappa shape index (κ3) is 4.30. The van der Waals surface area contributed by atoms with Crippen molar-refractivity contribution in [2.45, 2.75) is 136 Å². The van der Waals surface area contributed by atoms with E-state index in [-0.39, 0.29) is 54.1 Å². The number of hydrogen-bond donors (Lipinski definition) is 0. The average molecular weight is 643 g/mol. The van der Waals surface area contributed by atoms with Gasteiger partial charge in [-0.15, -0.1) is 0 Å². The molecule has 1 unspecified atom stereocenters. The number of carbonyl (C=O) groups excluding carboxylic acids is 4. The Labute approximate surface area is 271 Å². The lowest BCUT2D eigenvalue weighted by atomic mass is 9.37. The van der Waals surface area contributed by atoms with Crippen LogP contribution in [0.15, 0.2) is 23.0 Å². The number of carbonyl (C=O) groups is 4. The first-order valence-electron chi connectivity index (χ1n) is 16.9. The first-order valence-corrected chi connectivity index (χ1v) is 16.9. The Morgan fingerprint density at radius 1 is 0.826 bits per heavy atom. The Balaban J connectivity index is 1.60. The monoisotopic (exact) mass is 642 g/mol. The molecular formula is C36H50O10. The summed E-state index contributed by atoms with van der Waals surface area (Å²) in [4.78, 5) is 52.9. The molecule has 2 saturated heterocycles. The molecule has 46 heavy (non-hydrogen) atoms. The highest BCUT2D eigenvalue weighted by molar-refractivity contribution is 5.74. The van der Waals surface area contributed by atoms with Gasteiger partial charge in [-0.2, -0.15) is 0 Å². The van der Waals surface area contributed by atoms with Gasteiger partial charge in [-0.05, 0) is 50.7 Å². The van der Waals surface area contributed by atoms with Gasteiger partial charge in [-0.3, -0.25) is 19.2 Å². The Morgan fingerprint density at radius 3 is 1.96 bits per heavy atom. The molecule has 0 aromatic carbocycles.